The first-order valence-corrected chi connectivity index (χ1v) is 10.2. The second-order valence-electron chi connectivity index (χ2n) is 7.21. The van der Waals surface area contributed by atoms with Crippen molar-refractivity contribution in [3.05, 3.63) is 108 Å². The van der Waals surface area contributed by atoms with Crippen LogP contribution in [-0.2, 0) is 6.54 Å². The molecule has 30 heavy (non-hydrogen) atoms. The van der Waals surface area contributed by atoms with Gasteiger partial charge in [0.25, 0.3) is 0 Å². The summed E-state index contributed by atoms with van der Waals surface area (Å²) >= 11 is 0. The van der Waals surface area contributed by atoms with Gasteiger partial charge in [-0.2, -0.15) is 0 Å². The fourth-order valence-corrected chi connectivity index (χ4v) is 3.70. The molecule has 0 aliphatic carbocycles. The lowest BCUT2D eigenvalue weighted by molar-refractivity contribution is 0.300. The van der Waals surface area contributed by atoms with E-state index in [1.807, 2.05) is 30.3 Å². The molecule has 0 bridgehead atoms. The van der Waals surface area contributed by atoms with E-state index in [-0.39, 0.29) is 0 Å². The lowest BCUT2D eigenvalue weighted by Gasteiger charge is -2.10. The van der Waals surface area contributed by atoms with Gasteiger partial charge in [-0.15, -0.1) is 0 Å². The molecular formula is C27H22N2O. The minimum atomic E-state index is 0.574. The summed E-state index contributed by atoms with van der Waals surface area (Å²) in [6.45, 7) is 1.30. The Morgan fingerprint density at radius 2 is 1.50 bits per heavy atom. The van der Waals surface area contributed by atoms with E-state index in [2.05, 4.69) is 83.4 Å². The number of para-hydroxylation sites is 2. The minimum Gasteiger partial charge on any atom is -0.492 e. The van der Waals surface area contributed by atoms with E-state index in [1.54, 1.807) is 0 Å². The van der Waals surface area contributed by atoms with Crippen LogP contribution < -0.4 is 4.74 Å². The first-order chi connectivity index (χ1) is 14.9. The molecule has 0 fully saturated rings. The summed E-state index contributed by atoms with van der Waals surface area (Å²) in [4.78, 5) is 4.81. The Labute approximate surface area is 175 Å². The first kappa shape index (κ1) is 18.2. The standard InChI is InChI=1S/C27H22N2O/c1-2-8-21(9-3-1)14-17-27-28-25-12-6-7-13-26(25)29(27)18-19-30-24-16-15-22-10-4-5-11-23(22)20-24/h1-17,20H,18-19H2/b17-14+. The van der Waals surface area contributed by atoms with E-state index in [1.165, 1.54) is 10.8 Å². The molecule has 0 spiro atoms. The van der Waals surface area contributed by atoms with Crippen molar-refractivity contribution in [1.82, 2.24) is 9.55 Å². The zero-order chi connectivity index (χ0) is 20.2. The summed E-state index contributed by atoms with van der Waals surface area (Å²) in [7, 11) is 0. The third-order valence-electron chi connectivity index (χ3n) is 5.21. The fraction of sp³-hybridized carbons (Fsp3) is 0.0741. The average Bonchev–Trinajstić information content (AvgIpc) is 3.16. The molecule has 0 amide bonds. The summed E-state index contributed by atoms with van der Waals surface area (Å²) in [5, 5.41) is 2.41. The molecule has 0 N–H and O–H groups in total. The third-order valence-corrected chi connectivity index (χ3v) is 5.21. The van der Waals surface area contributed by atoms with Crippen LogP contribution in [0.2, 0.25) is 0 Å². The molecule has 5 aromatic rings. The van der Waals surface area contributed by atoms with Crippen LogP contribution in [0.25, 0.3) is 34.0 Å². The molecular weight excluding hydrogens is 368 g/mol. The molecule has 0 atom stereocenters. The van der Waals surface area contributed by atoms with E-state index in [9.17, 15) is 0 Å². The summed E-state index contributed by atoms with van der Waals surface area (Å²) in [6.07, 6.45) is 4.17. The molecule has 146 valence electrons. The van der Waals surface area contributed by atoms with Gasteiger partial charge in [-0.1, -0.05) is 78.9 Å². The number of rotatable bonds is 6. The van der Waals surface area contributed by atoms with Gasteiger partial charge in [-0.05, 0) is 46.7 Å². The molecule has 0 saturated carbocycles. The topological polar surface area (TPSA) is 27.1 Å². The van der Waals surface area contributed by atoms with Crippen molar-refractivity contribution in [2.45, 2.75) is 6.54 Å². The third kappa shape index (κ3) is 3.83. The predicted octanol–water partition coefficient (Wildman–Crippen LogP) is 6.44. The molecule has 0 saturated heterocycles. The average molecular weight is 390 g/mol. The number of hydrogen-bond donors (Lipinski definition) is 0. The van der Waals surface area contributed by atoms with Gasteiger partial charge < -0.3 is 9.30 Å². The number of benzene rings is 4. The van der Waals surface area contributed by atoms with E-state index in [4.69, 9.17) is 9.72 Å². The summed E-state index contributed by atoms with van der Waals surface area (Å²) in [6, 6.07) is 33.1. The Balaban J connectivity index is 1.38. The number of imidazole rings is 1. The Bertz CT molecular complexity index is 1320. The van der Waals surface area contributed by atoms with E-state index >= 15 is 0 Å². The van der Waals surface area contributed by atoms with Gasteiger partial charge in [-0.25, -0.2) is 4.98 Å². The monoisotopic (exact) mass is 390 g/mol. The fourth-order valence-electron chi connectivity index (χ4n) is 3.70. The Kier molecular flexibility index (Phi) is 5.01. The molecule has 3 heteroatoms. The van der Waals surface area contributed by atoms with Gasteiger partial charge in [0.2, 0.25) is 0 Å². The highest BCUT2D eigenvalue weighted by Gasteiger charge is 2.08. The highest BCUT2D eigenvalue weighted by atomic mass is 16.5. The molecule has 5 rings (SSSR count). The zero-order valence-corrected chi connectivity index (χ0v) is 16.6. The van der Waals surface area contributed by atoms with Gasteiger partial charge >= 0.3 is 0 Å². The van der Waals surface area contributed by atoms with Crippen molar-refractivity contribution in [3.8, 4) is 5.75 Å². The van der Waals surface area contributed by atoms with Crippen molar-refractivity contribution in [2.75, 3.05) is 6.61 Å². The quantitative estimate of drug-likeness (QED) is 0.334. The van der Waals surface area contributed by atoms with Crippen molar-refractivity contribution in [2.24, 2.45) is 0 Å². The van der Waals surface area contributed by atoms with E-state index in [0.29, 0.717) is 6.61 Å². The molecule has 3 nitrogen and oxygen atoms in total. The first-order valence-electron chi connectivity index (χ1n) is 10.2. The van der Waals surface area contributed by atoms with Crippen LogP contribution in [0.4, 0.5) is 0 Å². The highest BCUT2D eigenvalue weighted by Crippen LogP contribution is 2.22. The van der Waals surface area contributed by atoms with Crippen LogP contribution in [-0.4, -0.2) is 16.2 Å². The van der Waals surface area contributed by atoms with Crippen LogP contribution in [0.5, 0.6) is 5.75 Å². The summed E-state index contributed by atoms with van der Waals surface area (Å²) < 4.78 is 8.30. The normalized spacial score (nSPS) is 11.5. The number of ether oxygens (including phenoxy) is 1. The Morgan fingerprint density at radius 3 is 2.40 bits per heavy atom. The summed E-state index contributed by atoms with van der Waals surface area (Å²) in [5.41, 5.74) is 3.27. The van der Waals surface area contributed by atoms with Gasteiger partial charge in [0.15, 0.2) is 0 Å². The molecule has 0 unspecified atom stereocenters. The lowest BCUT2D eigenvalue weighted by Crippen LogP contribution is -2.09. The maximum atomic E-state index is 6.08. The molecule has 0 aliphatic heterocycles. The zero-order valence-electron chi connectivity index (χ0n) is 16.6. The second kappa shape index (κ2) is 8.26. The Morgan fingerprint density at radius 1 is 0.733 bits per heavy atom. The van der Waals surface area contributed by atoms with Crippen LogP contribution in [0, 0.1) is 0 Å². The highest BCUT2D eigenvalue weighted by molar-refractivity contribution is 5.83. The van der Waals surface area contributed by atoms with Gasteiger partial charge in [-0.3, -0.25) is 0 Å². The van der Waals surface area contributed by atoms with Crippen molar-refractivity contribution in [3.63, 3.8) is 0 Å². The molecule has 0 radical (unpaired) electrons. The van der Waals surface area contributed by atoms with Crippen molar-refractivity contribution in [1.29, 1.82) is 0 Å². The van der Waals surface area contributed by atoms with Crippen molar-refractivity contribution >= 4 is 34.0 Å². The SMILES string of the molecule is C(=C\c1nc2ccccc2n1CCOc1ccc2ccccc2c1)/c1ccccc1. The Hall–Kier alpha value is -3.85. The minimum absolute atomic E-state index is 0.574. The predicted molar refractivity (Wildman–Crippen MR) is 125 cm³/mol. The van der Waals surface area contributed by atoms with Crippen LogP contribution in [0.15, 0.2) is 97.1 Å². The van der Waals surface area contributed by atoms with Gasteiger partial charge in [0, 0.05) is 0 Å². The lowest BCUT2D eigenvalue weighted by atomic mass is 10.1. The number of fused-ring (bicyclic) bond motifs is 2. The molecule has 0 aliphatic rings. The largest absolute Gasteiger partial charge is 0.492 e. The molecule has 1 aromatic heterocycles. The second-order valence-corrected chi connectivity index (χ2v) is 7.21. The molecule has 1 heterocycles. The van der Waals surface area contributed by atoms with Crippen LogP contribution >= 0.6 is 0 Å². The van der Waals surface area contributed by atoms with Crippen molar-refractivity contribution < 1.29 is 4.74 Å². The van der Waals surface area contributed by atoms with Gasteiger partial charge in [0.1, 0.15) is 18.2 Å². The number of aromatic nitrogens is 2. The van der Waals surface area contributed by atoms with Gasteiger partial charge in [0.05, 0.1) is 17.6 Å². The number of hydrogen-bond acceptors (Lipinski definition) is 2. The maximum absolute atomic E-state index is 6.08. The van der Waals surface area contributed by atoms with E-state index in [0.717, 1.165) is 34.7 Å². The van der Waals surface area contributed by atoms with E-state index < -0.39 is 0 Å². The molecule has 4 aromatic carbocycles. The summed E-state index contributed by atoms with van der Waals surface area (Å²) in [5.74, 6) is 1.82. The maximum Gasteiger partial charge on any atom is 0.133 e. The van der Waals surface area contributed by atoms with Crippen LogP contribution in [0.3, 0.4) is 0 Å². The van der Waals surface area contributed by atoms with Crippen LogP contribution in [0.1, 0.15) is 11.4 Å². The number of nitrogens with zero attached hydrogens (tertiary/aromatic N) is 2. The smallest absolute Gasteiger partial charge is 0.133 e.